The van der Waals surface area contributed by atoms with Crippen LogP contribution < -0.4 is 0 Å². The number of ketones is 1. The average molecular weight is 366 g/mol. The molecule has 0 saturated carbocycles. The number of hydrogen-bond acceptors (Lipinski definition) is 5. The number of aromatic nitrogens is 2. The van der Waals surface area contributed by atoms with Crippen molar-refractivity contribution in [1.82, 2.24) is 14.7 Å². The van der Waals surface area contributed by atoms with Crippen LogP contribution in [0.3, 0.4) is 0 Å². The Morgan fingerprint density at radius 1 is 1.45 bits per heavy atom. The number of carbonyl (C=O) groups excluding carboxylic acids is 1. The molecule has 6 nitrogen and oxygen atoms in total. The second-order valence-electron chi connectivity index (χ2n) is 5.48. The quantitative estimate of drug-likeness (QED) is 0.708. The molecule has 114 valence electrons. The molecular formula is C12H20BrN3O3S. The number of halogens is 1. The molecule has 0 saturated heterocycles. The number of nitrogens with zero attached hydrogens (tertiary/aromatic N) is 3. The van der Waals surface area contributed by atoms with Crippen LogP contribution in [0.25, 0.3) is 0 Å². The zero-order chi connectivity index (χ0) is 15.7. The minimum absolute atomic E-state index is 0.294. The van der Waals surface area contributed by atoms with Gasteiger partial charge in [0.15, 0.2) is 9.84 Å². The number of sulfone groups is 1. The predicted molar refractivity (Wildman–Crippen MR) is 81.7 cm³/mol. The van der Waals surface area contributed by atoms with E-state index in [0.717, 1.165) is 6.26 Å². The minimum atomic E-state index is -3.51. The lowest BCUT2D eigenvalue weighted by molar-refractivity contribution is 0.0941. The zero-order valence-corrected chi connectivity index (χ0v) is 14.7. The van der Waals surface area contributed by atoms with Gasteiger partial charge in [0.2, 0.25) is 5.78 Å². The van der Waals surface area contributed by atoms with Crippen molar-refractivity contribution in [3.63, 3.8) is 0 Å². The fourth-order valence-corrected chi connectivity index (χ4v) is 2.42. The molecule has 0 atom stereocenters. The van der Waals surface area contributed by atoms with E-state index in [1.807, 2.05) is 19.0 Å². The molecule has 0 aliphatic rings. The highest BCUT2D eigenvalue weighted by molar-refractivity contribution is 9.10. The van der Waals surface area contributed by atoms with Crippen molar-refractivity contribution >= 4 is 31.6 Å². The van der Waals surface area contributed by atoms with Crippen LogP contribution in [0.1, 0.15) is 24.3 Å². The number of rotatable bonds is 6. The lowest BCUT2D eigenvalue weighted by Crippen LogP contribution is -2.41. The maximum atomic E-state index is 12.6. The fourth-order valence-electron chi connectivity index (χ4n) is 1.51. The Morgan fingerprint density at radius 3 is 2.45 bits per heavy atom. The van der Waals surface area contributed by atoms with Gasteiger partial charge >= 0.3 is 0 Å². The van der Waals surface area contributed by atoms with Crippen molar-refractivity contribution in [2.75, 3.05) is 26.9 Å². The summed E-state index contributed by atoms with van der Waals surface area (Å²) < 4.78 is 24.2. The summed E-state index contributed by atoms with van der Waals surface area (Å²) in [7, 11) is 0.320. The van der Waals surface area contributed by atoms with Gasteiger partial charge in [-0.05, 0) is 43.9 Å². The first-order chi connectivity index (χ1) is 8.98. The Labute approximate surface area is 128 Å². The molecule has 0 fully saturated rings. The summed E-state index contributed by atoms with van der Waals surface area (Å²) in [6.45, 7) is 4.05. The maximum absolute atomic E-state index is 12.6. The summed E-state index contributed by atoms with van der Waals surface area (Å²) in [5.41, 5.74) is 0.294. The van der Waals surface area contributed by atoms with Crippen LogP contribution in [-0.2, 0) is 16.4 Å². The van der Waals surface area contributed by atoms with Crippen molar-refractivity contribution in [2.24, 2.45) is 0 Å². The van der Waals surface area contributed by atoms with E-state index in [0.29, 0.717) is 23.3 Å². The van der Waals surface area contributed by atoms with E-state index in [2.05, 4.69) is 21.0 Å². The molecule has 0 aliphatic heterocycles. The van der Waals surface area contributed by atoms with Gasteiger partial charge in [-0.25, -0.2) is 8.42 Å². The molecule has 0 radical (unpaired) electrons. The van der Waals surface area contributed by atoms with E-state index in [4.69, 9.17) is 0 Å². The van der Waals surface area contributed by atoms with Crippen LogP contribution >= 0.6 is 15.9 Å². The van der Waals surface area contributed by atoms with Gasteiger partial charge in [-0.3, -0.25) is 9.48 Å². The zero-order valence-electron chi connectivity index (χ0n) is 12.3. The van der Waals surface area contributed by atoms with Crippen molar-refractivity contribution in [3.05, 3.63) is 16.4 Å². The van der Waals surface area contributed by atoms with E-state index in [9.17, 15) is 13.2 Å². The molecular weight excluding hydrogens is 346 g/mol. The van der Waals surface area contributed by atoms with Gasteiger partial charge in [-0.2, -0.15) is 5.10 Å². The van der Waals surface area contributed by atoms with Crippen molar-refractivity contribution < 1.29 is 13.2 Å². The van der Waals surface area contributed by atoms with Crippen LogP contribution in [0.2, 0.25) is 0 Å². The number of likely N-dealkylation sites (N-methyl/N-ethyl adjacent to an activating group) is 1. The third-order valence-electron chi connectivity index (χ3n) is 3.24. The monoisotopic (exact) mass is 365 g/mol. The smallest absolute Gasteiger partial charge is 0.202 e. The second-order valence-corrected chi connectivity index (χ2v) is 8.90. The minimum Gasteiger partial charge on any atom is -0.308 e. The summed E-state index contributed by atoms with van der Waals surface area (Å²) in [4.78, 5) is 14.5. The maximum Gasteiger partial charge on any atom is 0.202 e. The van der Waals surface area contributed by atoms with Gasteiger partial charge in [0, 0.05) is 12.8 Å². The van der Waals surface area contributed by atoms with E-state index in [1.54, 1.807) is 4.68 Å². The van der Waals surface area contributed by atoms with E-state index in [-0.39, 0.29) is 0 Å². The lowest BCUT2D eigenvalue weighted by Gasteiger charge is -2.22. The number of hydrogen-bond donors (Lipinski definition) is 0. The number of Topliss-reactive ketones (excluding diaryl/α,β-unsaturated/α-hetero) is 1. The topological polar surface area (TPSA) is 72.3 Å². The highest BCUT2D eigenvalue weighted by atomic mass is 79.9. The van der Waals surface area contributed by atoms with Crippen molar-refractivity contribution in [2.45, 2.75) is 25.1 Å². The fraction of sp³-hybridized carbons (Fsp3) is 0.667. The van der Waals surface area contributed by atoms with Gasteiger partial charge in [0.1, 0.15) is 10.4 Å². The van der Waals surface area contributed by atoms with Crippen LogP contribution in [0.4, 0.5) is 0 Å². The van der Waals surface area contributed by atoms with Gasteiger partial charge in [-0.1, -0.05) is 0 Å². The summed E-state index contributed by atoms with van der Waals surface area (Å²) >= 11 is 3.27. The molecule has 0 spiro atoms. The SMILES string of the molecule is CN(C)CCn1ncc(Br)c1C(=O)C(C)(C)S(C)(=O)=O. The lowest BCUT2D eigenvalue weighted by atomic mass is 10.1. The molecule has 8 heteroatoms. The Bertz CT molecular complexity index is 605. The number of carbonyl (C=O) groups is 1. The third kappa shape index (κ3) is 3.48. The van der Waals surface area contributed by atoms with Crippen LogP contribution in [0.15, 0.2) is 10.7 Å². The normalized spacial score (nSPS) is 12.9. The molecule has 0 unspecified atom stereocenters. The van der Waals surface area contributed by atoms with Crippen LogP contribution in [-0.4, -0.2) is 60.5 Å². The van der Waals surface area contributed by atoms with Crippen molar-refractivity contribution in [3.8, 4) is 0 Å². The van der Waals surface area contributed by atoms with Gasteiger partial charge < -0.3 is 4.90 Å². The molecule has 0 aromatic carbocycles. The third-order valence-corrected chi connectivity index (χ3v) is 5.86. The summed E-state index contributed by atoms with van der Waals surface area (Å²) in [6, 6.07) is 0. The molecule has 0 N–H and O–H groups in total. The standard InChI is InChI=1S/C12H20BrN3O3S/c1-12(2,20(5,18)19)11(17)10-9(13)8-14-16(10)7-6-15(3)4/h8H,6-7H2,1-5H3. The average Bonchev–Trinajstić information content (AvgIpc) is 2.65. The van der Waals surface area contributed by atoms with Gasteiger partial charge in [0.25, 0.3) is 0 Å². The Kier molecular flexibility index (Phi) is 5.15. The molecule has 1 aromatic rings. The van der Waals surface area contributed by atoms with Gasteiger partial charge in [0.05, 0.1) is 17.2 Å². The van der Waals surface area contributed by atoms with Gasteiger partial charge in [-0.15, -0.1) is 0 Å². The van der Waals surface area contributed by atoms with Crippen LogP contribution in [0.5, 0.6) is 0 Å². The van der Waals surface area contributed by atoms with Crippen LogP contribution in [0, 0.1) is 0 Å². The highest BCUT2D eigenvalue weighted by Crippen LogP contribution is 2.26. The van der Waals surface area contributed by atoms with E-state index < -0.39 is 20.4 Å². The van der Waals surface area contributed by atoms with E-state index in [1.165, 1.54) is 20.0 Å². The molecule has 0 amide bonds. The molecule has 20 heavy (non-hydrogen) atoms. The molecule has 1 heterocycles. The first-order valence-corrected chi connectivity index (χ1v) is 8.77. The molecule has 0 bridgehead atoms. The Hall–Kier alpha value is -0.730. The summed E-state index contributed by atoms with van der Waals surface area (Å²) in [6.07, 6.45) is 2.58. The largest absolute Gasteiger partial charge is 0.308 e. The predicted octanol–water partition coefficient (Wildman–Crippen LogP) is 1.21. The molecule has 1 rings (SSSR count). The van der Waals surface area contributed by atoms with Crippen molar-refractivity contribution in [1.29, 1.82) is 0 Å². The Balaban J connectivity index is 3.20. The summed E-state index contributed by atoms with van der Waals surface area (Å²) in [5.74, 6) is -0.455. The summed E-state index contributed by atoms with van der Waals surface area (Å²) in [5, 5.41) is 4.13. The Morgan fingerprint density at radius 2 is 2.00 bits per heavy atom. The first-order valence-electron chi connectivity index (χ1n) is 6.09. The highest BCUT2D eigenvalue weighted by Gasteiger charge is 2.41. The molecule has 0 aliphatic carbocycles. The first kappa shape index (κ1) is 17.3. The second kappa shape index (κ2) is 5.95. The molecule has 1 aromatic heterocycles. The van der Waals surface area contributed by atoms with E-state index >= 15 is 0 Å².